The normalized spacial score (nSPS) is 18.7. The van der Waals surface area contributed by atoms with Gasteiger partial charge >= 0.3 is 0 Å². The molecule has 0 amide bonds. The van der Waals surface area contributed by atoms with Crippen molar-refractivity contribution in [3.63, 3.8) is 0 Å². The molecular weight excluding hydrogens is 259 g/mol. The van der Waals surface area contributed by atoms with E-state index in [0.717, 1.165) is 17.5 Å². The predicted molar refractivity (Wildman–Crippen MR) is 73.6 cm³/mol. The van der Waals surface area contributed by atoms with Gasteiger partial charge in [-0.05, 0) is 23.6 Å². The van der Waals surface area contributed by atoms with Gasteiger partial charge in [0.1, 0.15) is 5.82 Å². The van der Waals surface area contributed by atoms with Gasteiger partial charge in [-0.25, -0.2) is 4.39 Å². The molecule has 1 aromatic carbocycles. The summed E-state index contributed by atoms with van der Waals surface area (Å²) in [5.74, 6) is 0.685. The SMILES string of the molecule is CC1(C)CN=C(Nc2cc(F)ccc2Cl)SC1. The molecular formula is C12H14ClFN2S. The zero-order chi connectivity index (χ0) is 12.5. The first-order valence-corrected chi connectivity index (χ1v) is 6.72. The van der Waals surface area contributed by atoms with Crippen LogP contribution in [-0.4, -0.2) is 17.5 Å². The molecule has 1 aliphatic heterocycles. The number of hydrogen-bond donors (Lipinski definition) is 1. The number of anilines is 1. The van der Waals surface area contributed by atoms with Crippen LogP contribution < -0.4 is 5.32 Å². The third-order valence-corrected chi connectivity index (χ3v) is 4.18. The van der Waals surface area contributed by atoms with Gasteiger partial charge in [0.25, 0.3) is 0 Å². The van der Waals surface area contributed by atoms with Gasteiger partial charge < -0.3 is 5.32 Å². The largest absolute Gasteiger partial charge is 0.334 e. The zero-order valence-electron chi connectivity index (χ0n) is 9.76. The molecule has 2 rings (SSSR count). The van der Waals surface area contributed by atoms with Crippen LogP contribution in [0.15, 0.2) is 23.2 Å². The van der Waals surface area contributed by atoms with E-state index in [4.69, 9.17) is 11.6 Å². The topological polar surface area (TPSA) is 24.4 Å². The summed E-state index contributed by atoms with van der Waals surface area (Å²) in [6.07, 6.45) is 0. The molecule has 0 fully saturated rings. The average Bonchev–Trinajstić information content (AvgIpc) is 2.26. The van der Waals surface area contributed by atoms with Crippen molar-refractivity contribution in [2.45, 2.75) is 13.8 Å². The number of aliphatic imine (C=N–C) groups is 1. The van der Waals surface area contributed by atoms with Gasteiger partial charge in [0, 0.05) is 12.3 Å². The Morgan fingerprint density at radius 2 is 2.24 bits per heavy atom. The molecule has 0 aromatic heterocycles. The quantitative estimate of drug-likeness (QED) is 0.835. The van der Waals surface area contributed by atoms with Crippen LogP contribution in [0.4, 0.5) is 10.1 Å². The van der Waals surface area contributed by atoms with E-state index in [1.165, 1.54) is 18.2 Å². The second kappa shape index (κ2) is 4.86. The second-order valence-corrected chi connectivity index (χ2v) is 6.19. The Labute approximate surface area is 110 Å². The lowest BCUT2D eigenvalue weighted by Gasteiger charge is -2.27. The fraction of sp³-hybridized carbons (Fsp3) is 0.417. The minimum Gasteiger partial charge on any atom is -0.334 e. The fourth-order valence-electron chi connectivity index (χ4n) is 1.42. The highest BCUT2D eigenvalue weighted by molar-refractivity contribution is 8.14. The maximum atomic E-state index is 13.1. The Hall–Kier alpha value is -0.740. The van der Waals surface area contributed by atoms with Crippen LogP contribution in [0.25, 0.3) is 0 Å². The summed E-state index contributed by atoms with van der Waals surface area (Å²) in [7, 11) is 0. The first-order chi connectivity index (χ1) is 7.96. The van der Waals surface area contributed by atoms with Crippen LogP contribution in [0.5, 0.6) is 0 Å². The fourth-order valence-corrected chi connectivity index (χ4v) is 2.55. The van der Waals surface area contributed by atoms with Gasteiger partial charge in [-0.2, -0.15) is 0 Å². The van der Waals surface area contributed by atoms with Crippen molar-refractivity contribution in [3.8, 4) is 0 Å². The molecule has 92 valence electrons. The molecule has 0 aliphatic carbocycles. The van der Waals surface area contributed by atoms with E-state index in [-0.39, 0.29) is 11.2 Å². The summed E-state index contributed by atoms with van der Waals surface area (Å²) in [6, 6.07) is 4.26. The standard InChI is InChI=1S/C12H14ClFN2S/c1-12(2)6-15-11(17-7-12)16-10-5-8(14)3-4-9(10)13/h3-5H,6-7H2,1-2H3,(H,15,16). The first kappa shape index (κ1) is 12.7. The molecule has 1 aliphatic rings. The lowest BCUT2D eigenvalue weighted by atomic mass is 9.97. The molecule has 0 radical (unpaired) electrons. The van der Waals surface area contributed by atoms with Crippen LogP contribution in [-0.2, 0) is 0 Å². The van der Waals surface area contributed by atoms with E-state index in [1.54, 1.807) is 11.8 Å². The van der Waals surface area contributed by atoms with E-state index >= 15 is 0 Å². The molecule has 5 heteroatoms. The van der Waals surface area contributed by atoms with Crippen LogP contribution in [0.2, 0.25) is 5.02 Å². The molecule has 0 bridgehead atoms. The third kappa shape index (κ3) is 3.36. The van der Waals surface area contributed by atoms with Gasteiger partial charge in [-0.3, -0.25) is 4.99 Å². The maximum absolute atomic E-state index is 13.1. The molecule has 1 aromatic rings. The molecule has 0 spiro atoms. The van der Waals surface area contributed by atoms with Gasteiger partial charge in [0.2, 0.25) is 0 Å². The van der Waals surface area contributed by atoms with Gasteiger partial charge in [0.05, 0.1) is 10.7 Å². The van der Waals surface area contributed by atoms with Gasteiger partial charge in [0.15, 0.2) is 5.17 Å². The van der Waals surface area contributed by atoms with E-state index < -0.39 is 0 Å². The highest BCUT2D eigenvalue weighted by atomic mass is 35.5. The van der Waals surface area contributed by atoms with Crippen LogP contribution >= 0.6 is 23.4 Å². The third-order valence-electron chi connectivity index (χ3n) is 2.42. The number of thioether (sulfide) groups is 1. The molecule has 1 N–H and O–H groups in total. The van der Waals surface area contributed by atoms with E-state index in [0.29, 0.717) is 10.7 Å². The highest BCUT2D eigenvalue weighted by Crippen LogP contribution is 2.30. The minimum absolute atomic E-state index is 0.224. The Bertz CT molecular complexity index is 460. The smallest absolute Gasteiger partial charge is 0.161 e. The van der Waals surface area contributed by atoms with E-state index in [2.05, 4.69) is 24.2 Å². The Balaban J connectivity index is 2.12. The Morgan fingerprint density at radius 1 is 1.47 bits per heavy atom. The highest BCUT2D eigenvalue weighted by Gasteiger charge is 2.23. The maximum Gasteiger partial charge on any atom is 0.161 e. The lowest BCUT2D eigenvalue weighted by molar-refractivity contribution is 0.438. The summed E-state index contributed by atoms with van der Waals surface area (Å²) in [6.45, 7) is 5.13. The number of nitrogens with zero attached hydrogens (tertiary/aromatic N) is 1. The van der Waals surface area contributed by atoms with Crippen molar-refractivity contribution < 1.29 is 4.39 Å². The lowest BCUT2D eigenvalue weighted by Crippen LogP contribution is -2.27. The first-order valence-electron chi connectivity index (χ1n) is 5.36. The molecule has 0 saturated carbocycles. The van der Waals surface area contributed by atoms with Crippen molar-refractivity contribution in [3.05, 3.63) is 29.0 Å². The number of halogens is 2. The molecule has 0 atom stereocenters. The molecule has 1 heterocycles. The number of benzene rings is 1. The molecule has 0 unspecified atom stereocenters. The van der Waals surface area contributed by atoms with Crippen molar-refractivity contribution in [1.82, 2.24) is 0 Å². The zero-order valence-corrected chi connectivity index (χ0v) is 11.3. The average molecular weight is 273 g/mol. The number of amidine groups is 1. The van der Waals surface area contributed by atoms with E-state index in [1.807, 2.05) is 0 Å². The second-order valence-electron chi connectivity index (χ2n) is 4.82. The van der Waals surface area contributed by atoms with Crippen molar-refractivity contribution in [2.24, 2.45) is 10.4 Å². The summed E-state index contributed by atoms with van der Waals surface area (Å²) in [5, 5.41) is 4.37. The van der Waals surface area contributed by atoms with Crippen molar-refractivity contribution in [2.75, 3.05) is 17.6 Å². The van der Waals surface area contributed by atoms with Crippen LogP contribution in [0.1, 0.15) is 13.8 Å². The summed E-state index contributed by atoms with van der Waals surface area (Å²) in [5.41, 5.74) is 0.791. The number of nitrogens with one attached hydrogen (secondary N) is 1. The molecule has 0 saturated heterocycles. The van der Waals surface area contributed by atoms with E-state index in [9.17, 15) is 4.39 Å². The van der Waals surface area contributed by atoms with Crippen LogP contribution in [0, 0.1) is 11.2 Å². The molecule has 17 heavy (non-hydrogen) atoms. The monoisotopic (exact) mass is 272 g/mol. The Morgan fingerprint density at radius 3 is 2.88 bits per heavy atom. The number of rotatable bonds is 1. The van der Waals surface area contributed by atoms with Gasteiger partial charge in [-0.15, -0.1) is 0 Å². The number of hydrogen-bond acceptors (Lipinski definition) is 3. The Kier molecular flexibility index (Phi) is 3.64. The van der Waals surface area contributed by atoms with Crippen molar-refractivity contribution >= 4 is 34.2 Å². The summed E-state index contributed by atoms with van der Waals surface area (Å²) in [4.78, 5) is 4.44. The van der Waals surface area contributed by atoms with Crippen molar-refractivity contribution in [1.29, 1.82) is 0 Å². The van der Waals surface area contributed by atoms with Crippen LogP contribution in [0.3, 0.4) is 0 Å². The summed E-state index contributed by atoms with van der Waals surface area (Å²) < 4.78 is 13.1. The minimum atomic E-state index is -0.307. The molecule has 2 nitrogen and oxygen atoms in total. The predicted octanol–water partition coefficient (Wildman–Crippen LogP) is 4.02. The summed E-state index contributed by atoms with van der Waals surface area (Å²) >= 11 is 7.62. The van der Waals surface area contributed by atoms with Gasteiger partial charge in [-0.1, -0.05) is 37.2 Å².